The Bertz CT molecular complexity index is 554. The number of carbonyl (C=O) groups excluding carboxylic acids is 1. The van der Waals surface area contributed by atoms with Crippen LogP contribution in [0.5, 0.6) is 0 Å². The summed E-state index contributed by atoms with van der Waals surface area (Å²) in [6.07, 6.45) is 5.31. The molecule has 5 nitrogen and oxygen atoms in total. The highest BCUT2D eigenvalue weighted by Crippen LogP contribution is 2.26. The van der Waals surface area contributed by atoms with Gasteiger partial charge in [-0.05, 0) is 26.0 Å². The summed E-state index contributed by atoms with van der Waals surface area (Å²) in [7, 11) is 0. The van der Waals surface area contributed by atoms with Crippen LogP contribution in [0.3, 0.4) is 0 Å². The zero-order valence-electron chi connectivity index (χ0n) is 11.3. The highest BCUT2D eigenvalue weighted by atomic mass is 35.5. The topological polar surface area (TPSA) is 59.0 Å². The van der Waals surface area contributed by atoms with E-state index in [9.17, 15) is 4.79 Å². The lowest BCUT2D eigenvalue weighted by molar-refractivity contribution is 0.233. The van der Waals surface area contributed by atoms with Crippen molar-refractivity contribution >= 4 is 29.0 Å². The van der Waals surface area contributed by atoms with E-state index in [-0.39, 0.29) is 18.1 Å². The van der Waals surface area contributed by atoms with E-state index in [1.807, 2.05) is 36.7 Å². The van der Waals surface area contributed by atoms with Crippen molar-refractivity contribution < 1.29 is 4.79 Å². The first-order valence-electron chi connectivity index (χ1n) is 6.32. The summed E-state index contributed by atoms with van der Waals surface area (Å²) in [6, 6.07) is 3.53. The summed E-state index contributed by atoms with van der Waals surface area (Å²) in [5, 5.41) is 5.80. The molecule has 0 saturated heterocycles. The predicted molar refractivity (Wildman–Crippen MR) is 81.1 cm³/mol. The Morgan fingerprint density at radius 3 is 2.85 bits per heavy atom. The Kier molecular flexibility index (Phi) is 5.03. The summed E-state index contributed by atoms with van der Waals surface area (Å²) in [5.74, 6) is 0. The molecule has 2 rings (SSSR count). The first-order chi connectivity index (χ1) is 9.54. The van der Waals surface area contributed by atoms with E-state index in [0.717, 1.165) is 9.21 Å². The first-order valence-corrected chi connectivity index (χ1v) is 7.52. The zero-order chi connectivity index (χ0) is 14.5. The molecule has 0 radical (unpaired) electrons. The average molecular weight is 313 g/mol. The van der Waals surface area contributed by atoms with Gasteiger partial charge in [0, 0.05) is 29.9 Å². The van der Waals surface area contributed by atoms with Crippen LogP contribution < -0.4 is 10.6 Å². The number of aromatic nitrogens is 2. The molecule has 0 aliphatic heterocycles. The molecule has 2 heterocycles. The maximum atomic E-state index is 11.9. The third kappa shape index (κ3) is 4.25. The maximum Gasteiger partial charge on any atom is 0.315 e. The van der Waals surface area contributed by atoms with Crippen molar-refractivity contribution in [2.24, 2.45) is 0 Å². The minimum absolute atomic E-state index is 0.0170. The van der Waals surface area contributed by atoms with E-state index < -0.39 is 0 Å². The average Bonchev–Trinajstić information content (AvgIpc) is 3.00. The summed E-state index contributed by atoms with van der Waals surface area (Å²) >= 11 is 7.36. The normalized spacial score (nSPS) is 13.8. The van der Waals surface area contributed by atoms with Gasteiger partial charge in [0.2, 0.25) is 0 Å². The fourth-order valence-electron chi connectivity index (χ4n) is 1.85. The van der Waals surface area contributed by atoms with Gasteiger partial charge in [0.25, 0.3) is 0 Å². The molecule has 2 N–H and O–H groups in total. The van der Waals surface area contributed by atoms with E-state index in [0.29, 0.717) is 6.54 Å². The lowest BCUT2D eigenvalue weighted by Gasteiger charge is -2.17. The third-order valence-electron chi connectivity index (χ3n) is 2.79. The zero-order valence-corrected chi connectivity index (χ0v) is 12.9. The number of amides is 2. The van der Waals surface area contributed by atoms with Crippen molar-refractivity contribution in [3.8, 4) is 0 Å². The number of imidazole rings is 1. The van der Waals surface area contributed by atoms with E-state index in [4.69, 9.17) is 11.6 Å². The van der Waals surface area contributed by atoms with Crippen LogP contribution in [0.25, 0.3) is 0 Å². The molecule has 0 fully saturated rings. The molecule has 0 aliphatic rings. The Labute approximate surface area is 127 Å². The van der Waals surface area contributed by atoms with Crippen LogP contribution in [0.2, 0.25) is 4.34 Å². The molecule has 0 aromatic carbocycles. The standard InChI is InChI=1S/C13H17ClN4OS/c1-9(7-18-6-5-15-8-18)16-13(19)17-10(2)11-3-4-12(14)20-11/h3-6,8-10H,7H2,1-2H3,(H2,16,17,19). The molecule has 20 heavy (non-hydrogen) atoms. The Hall–Kier alpha value is -1.53. The number of halogens is 1. The largest absolute Gasteiger partial charge is 0.335 e. The van der Waals surface area contributed by atoms with E-state index in [2.05, 4.69) is 15.6 Å². The monoisotopic (exact) mass is 312 g/mol. The molecule has 2 amide bonds. The fraction of sp³-hybridized carbons (Fsp3) is 0.385. The van der Waals surface area contributed by atoms with Crippen LogP contribution in [0.1, 0.15) is 24.8 Å². The summed E-state index contributed by atoms with van der Waals surface area (Å²) in [4.78, 5) is 16.9. The molecule has 0 bridgehead atoms. The van der Waals surface area contributed by atoms with Gasteiger partial charge in [-0.25, -0.2) is 9.78 Å². The minimum Gasteiger partial charge on any atom is -0.335 e. The smallest absolute Gasteiger partial charge is 0.315 e. The molecule has 7 heteroatoms. The van der Waals surface area contributed by atoms with Crippen LogP contribution in [-0.4, -0.2) is 21.6 Å². The number of nitrogens with zero attached hydrogens (tertiary/aromatic N) is 2. The van der Waals surface area contributed by atoms with Crippen LogP contribution in [0, 0.1) is 0 Å². The SMILES string of the molecule is CC(Cn1ccnc1)NC(=O)NC(C)c1ccc(Cl)s1. The number of hydrogen-bond donors (Lipinski definition) is 2. The first kappa shape index (κ1) is 14.9. The number of thiophene rings is 1. The molecule has 0 spiro atoms. The number of rotatable bonds is 5. The van der Waals surface area contributed by atoms with Gasteiger partial charge in [0.05, 0.1) is 16.7 Å². The Morgan fingerprint density at radius 1 is 1.45 bits per heavy atom. The van der Waals surface area contributed by atoms with Crippen molar-refractivity contribution in [2.75, 3.05) is 0 Å². The van der Waals surface area contributed by atoms with Gasteiger partial charge in [-0.2, -0.15) is 0 Å². The summed E-state index contributed by atoms with van der Waals surface area (Å²) < 4.78 is 2.65. The summed E-state index contributed by atoms with van der Waals surface area (Å²) in [6.45, 7) is 4.57. The molecule has 2 aromatic rings. The molecule has 108 valence electrons. The van der Waals surface area contributed by atoms with Gasteiger partial charge in [-0.15, -0.1) is 11.3 Å². The van der Waals surface area contributed by atoms with Crippen molar-refractivity contribution in [3.63, 3.8) is 0 Å². The molecule has 0 saturated carbocycles. The highest BCUT2D eigenvalue weighted by molar-refractivity contribution is 7.16. The maximum absolute atomic E-state index is 11.9. The molecule has 2 unspecified atom stereocenters. The molecule has 0 aliphatic carbocycles. The second-order valence-electron chi connectivity index (χ2n) is 4.64. The predicted octanol–water partition coefficient (Wildman–Crippen LogP) is 3.05. The number of urea groups is 1. The van der Waals surface area contributed by atoms with Crippen LogP contribution in [-0.2, 0) is 6.54 Å². The lowest BCUT2D eigenvalue weighted by Crippen LogP contribution is -2.43. The lowest BCUT2D eigenvalue weighted by atomic mass is 10.3. The van der Waals surface area contributed by atoms with Crippen molar-refractivity contribution in [3.05, 3.63) is 40.1 Å². The van der Waals surface area contributed by atoms with E-state index >= 15 is 0 Å². The quantitative estimate of drug-likeness (QED) is 0.891. The number of nitrogens with one attached hydrogen (secondary N) is 2. The van der Waals surface area contributed by atoms with Gasteiger partial charge in [-0.1, -0.05) is 11.6 Å². The highest BCUT2D eigenvalue weighted by Gasteiger charge is 2.13. The van der Waals surface area contributed by atoms with E-state index in [1.54, 1.807) is 12.5 Å². The molecular weight excluding hydrogens is 296 g/mol. The van der Waals surface area contributed by atoms with Crippen molar-refractivity contribution in [1.29, 1.82) is 0 Å². The summed E-state index contributed by atoms with van der Waals surface area (Å²) in [5.41, 5.74) is 0. The Morgan fingerprint density at radius 2 is 2.25 bits per heavy atom. The van der Waals surface area contributed by atoms with Crippen LogP contribution in [0.15, 0.2) is 30.9 Å². The molecular formula is C13H17ClN4OS. The molecule has 2 atom stereocenters. The van der Waals surface area contributed by atoms with Gasteiger partial charge in [0.15, 0.2) is 0 Å². The van der Waals surface area contributed by atoms with Crippen molar-refractivity contribution in [2.45, 2.75) is 32.5 Å². The number of carbonyl (C=O) groups is 1. The van der Waals surface area contributed by atoms with Crippen LogP contribution in [0.4, 0.5) is 4.79 Å². The van der Waals surface area contributed by atoms with Gasteiger partial charge in [-0.3, -0.25) is 0 Å². The van der Waals surface area contributed by atoms with Gasteiger partial charge < -0.3 is 15.2 Å². The second-order valence-corrected chi connectivity index (χ2v) is 6.39. The van der Waals surface area contributed by atoms with Gasteiger partial charge >= 0.3 is 6.03 Å². The van der Waals surface area contributed by atoms with Crippen LogP contribution >= 0.6 is 22.9 Å². The Balaban J connectivity index is 1.80. The number of hydrogen-bond acceptors (Lipinski definition) is 3. The van der Waals surface area contributed by atoms with Gasteiger partial charge in [0.1, 0.15) is 0 Å². The fourth-order valence-corrected chi connectivity index (χ4v) is 2.91. The second kappa shape index (κ2) is 6.76. The van der Waals surface area contributed by atoms with Crippen molar-refractivity contribution in [1.82, 2.24) is 20.2 Å². The van der Waals surface area contributed by atoms with E-state index in [1.165, 1.54) is 11.3 Å². The minimum atomic E-state index is -0.186. The third-order valence-corrected chi connectivity index (χ3v) is 4.20. The molecule has 2 aromatic heterocycles.